The highest BCUT2D eigenvalue weighted by Crippen LogP contribution is 2.24. The van der Waals surface area contributed by atoms with Crippen LogP contribution in [0.4, 0.5) is 0 Å². The standard InChI is InChI=1S/C21H29N5O3S/c1-14-6-4-5-7-17(14)23-19(27)13-30-21-25-24-18(26(21)2)12-22-20(28)15-8-10-16(29-3)11-9-15/h8-11,14,17H,4-7,12-13H2,1-3H3,(H,22,28)(H,23,27)/t14-,17+/m0/s1. The number of nitrogens with zero attached hydrogens (tertiary/aromatic N) is 3. The van der Waals surface area contributed by atoms with Crippen molar-refractivity contribution in [1.82, 2.24) is 25.4 Å². The van der Waals surface area contributed by atoms with Gasteiger partial charge in [-0.1, -0.05) is 31.5 Å². The molecule has 1 heterocycles. The van der Waals surface area contributed by atoms with Crippen molar-refractivity contribution in [1.29, 1.82) is 0 Å². The summed E-state index contributed by atoms with van der Waals surface area (Å²) in [6.45, 7) is 2.45. The SMILES string of the molecule is COc1ccc(C(=O)NCc2nnc(SCC(=O)N[C@@H]3CCCC[C@@H]3C)n2C)cc1. The van der Waals surface area contributed by atoms with Crippen molar-refractivity contribution in [2.45, 2.75) is 50.4 Å². The Morgan fingerprint density at radius 1 is 1.20 bits per heavy atom. The molecule has 0 unspecified atom stereocenters. The molecule has 1 aromatic heterocycles. The average Bonchev–Trinajstić information content (AvgIpc) is 3.11. The van der Waals surface area contributed by atoms with Gasteiger partial charge >= 0.3 is 0 Å². The van der Waals surface area contributed by atoms with Gasteiger partial charge in [0.05, 0.1) is 19.4 Å². The second kappa shape index (κ2) is 10.5. The van der Waals surface area contributed by atoms with E-state index in [1.165, 1.54) is 31.0 Å². The molecule has 30 heavy (non-hydrogen) atoms. The highest BCUT2D eigenvalue weighted by Gasteiger charge is 2.23. The first kappa shape index (κ1) is 22.1. The highest BCUT2D eigenvalue weighted by molar-refractivity contribution is 7.99. The van der Waals surface area contributed by atoms with E-state index in [0.29, 0.717) is 34.0 Å². The molecule has 1 aromatic carbocycles. The van der Waals surface area contributed by atoms with Crippen molar-refractivity contribution in [2.24, 2.45) is 13.0 Å². The second-order valence-electron chi connectivity index (χ2n) is 7.59. The fourth-order valence-electron chi connectivity index (χ4n) is 3.54. The zero-order valence-electron chi connectivity index (χ0n) is 17.7. The van der Waals surface area contributed by atoms with E-state index in [4.69, 9.17) is 4.74 Å². The topological polar surface area (TPSA) is 98.1 Å². The zero-order chi connectivity index (χ0) is 21.5. The van der Waals surface area contributed by atoms with Gasteiger partial charge in [0.1, 0.15) is 5.75 Å². The Morgan fingerprint density at radius 3 is 2.63 bits per heavy atom. The third-order valence-corrected chi connectivity index (χ3v) is 6.49. The minimum Gasteiger partial charge on any atom is -0.497 e. The number of aromatic nitrogens is 3. The van der Waals surface area contributed by atoms with Crippen molar-refractivity contribution < 1.29 is 14.3 Å². The first-order valence-corrected chi connectivity index (χ1v) is 11.2. The van der Waals surface area contributed by atoms with E-state index in [1.54, 1.807) is 35.9 Å². The van der Waals surface area contributed by atoms with Crippen LogP contribution in [-0.2, 0) is 18.4 Å². The molecule has 8 nitrogen and oxygen atoms in total. The molecule has 162 valence electrons. The van der Waals surface area contributed by atoms with Crippen LogP contribution in [-0.4, -0.2) is 45.5 Å². The normalized spacial score (nSPS) is 18.6. The summed E-state index contributed by atoms with van der Waals surface area (Å²) in [5.41, 5.74) is 0.543. The summed E-state index contributed by atoms with van der Waals surface area (Å²) in [4.78, 5) is 24.6. The molecule has 2 atom stereocenters. The van der Waals surface area contributed by atoms with Gasteiger partial charge in [-0.2, -0.15) is 0 Å². The smallest absolute Gasteiger partial charge is 0.251 e. The summed E-state index contributed by atoms with van der Waals surface area (Å²) in [7, 11) is 3.41. The quantitative estimate of drug-likeness (QED) is 0.624. The van der Waals surface area contributed by atoms with Crippen LogP contribution in [0.5, 0.6) is 5.75 Å². The van der Waals surface area contributed by atoms with Crippen LogP contribution in [0.25, 0.3) is 0 Å². The van der Waals surface area contributed by atoms with Crippen LogP contribution in [0.3, 0.4) is 0 Å². The number of hydrogen-bond donors (Lipinski definition) is 2. The number of thioether (sulfide) groups is 1. The Labute approximate surface area is 181 Å². The van der Waals surface area contributed by atoms with E-state index in [1.807, 2.05) is 7.05 Å². The number of nitrogens with one attached hydrogen (secondary N) is 2. The molecule has 0 bridgehead atoms. The third kappa shape index (κ3) is 5.75. The molecular weight excluding hydrogens is 402 g/mol. The van der Waals surface area contributed by atoms with E-state index >= 15 is 0 Å². The minimum absolute atomic E-state index is 0.0242. The second-order valence-corrected chi connectivity index (χ2v) is 8.54. The lowest BCUT2D eigenvalue weighted by atomic mass is 9.86. The maximum Gasteiger partial charge on any atom is 0.251 e. The number of amides is 2. The first-order chi connectivity index (χ1) is 14.5. The summed E-state index contributed by atoms with van der Waals surface area (Å²) in [6, 6.07) is 7.17. The Hall–Kier alpha value is -2.55. The van der Waals surface area contributed by atoms with E-state index in [2.05, 4.69) is 27.8 Å². The molecular formula is C21H29N5O3S. The van der Waals surface area contributed by atoms with Crippen LogP contribution in [0.1, 0.15) is 48.8 Å². The molecule has 9 heteroatoms. The van der Waals surface area contributed by atoms with Crippen LogP contribution in [0, 0.1) is 5.92 Å². The van der Waals surface area contributed by atoms with Gasteiger partial charge in [-0.15, -0.1) is 10.2 Å². The largest absolute Gasteiger partial charge is 0.497 e. The lowest BCUT2D eigenvalue weighted by molar-refractivity contribution is -0.119. The molecule has 1 saturated carbocycles. The Bertz CT molecular complexity index is 868. The maximum absolute atomic E-state index is 12.3. The summed E-state index contributed by atoms with van der Waals surface area (Å²) in [5, 5.41) is 14.9. The number of rotatable bonds is 8. The molecule has 0 radical (unpaired) electrons. The summed E-state index contributed by atoms with van der Waals surface area (Å²) in [5.74, 6) is 1.98. The summed E-state index contributed by atoms with van der Waals surface area (Å²) < 4.78 is 6.90. The number of hydrogen-bond acceptors (Lipinski definition) is 6. The fourth-order valence-corrected chi connectivity index (χ4v) is 4.28. The molecule has 2 N–H and O–H groups in total. The van der Waals surface area contributed by atoms with Gasteiger partial charge in [-0.3, -0.25) is 9.59 Å². The van der Waals surface area contributed by atoms with Crippen molar-refractivity contribution in [2.75, 3.05) is 12.9 Å². The van der Waals surface area contributed by atoms with E-state index in [9.17, 15) is 9.59 Å². The zero-order valence-corrected chi connectivity index (χ0v) is 18.5. The van der Waals surface area contributed by atoms with Gasteiger partial charge < -0.3 is 19.9 Å². The van der Waals surface area contributed by atoms with Crippen molar-refractivity contribution in [3.63, 3.8) is 0 Å². The van der Waals surface area contributed by atoms with Gasteiger partial charge in [0.15, 0.2) is 11.0 Å². The number of ether oxygens (including phenoxy) is 1. The lowest BCUT2D eigenvalue weighted by Gasteiger charge is -2.29. The molecule has 2 aromatic rings. The summed E-state index contributed by atoms with van der Waals surface area (Å²) in [6.07, 6.45) is 4.66. The van der Waals surface area contributed by atoms with Gasteiger partial charge in [-0.05, 0) is 43.0 Å². The molecule has 1 fully saturated rings. The third-order valence-electron chi connectivity index (χ3n) is 5.47. The molecule has 3 rings (SSSR count). The molecule has 1 aliphatic rings. The Kier molecular flexibility index (Phi) is 7.73. The van der Waals surface area contributed by atoms with Crippen LogP contribution in [0.2, 0.25) is 0 Å². The molecule has 1 aliphatic carbocycles. The lowest BCUT2D eigenvalue weighted by Crippen LogP contribution is -2.41. The van der Waals surface area contributed by atoms with E-state index in [0.717, 1.165) is 6.42 Å². The number of benzene rings is 1. The van der Waals surface area contributed by atoms with Gasteiger partial charge in [0.2, 0.25) is 5.91 Å². The first-order valence-electron chi connectivity index (χ1n) is 10.2. The minimum atomic E-state index is -0.198. The monoisotopic (exact) mass is 431 g/mol. The maximum atomic E-state index is 12.3. The van der Waals surface area contributed by atoms with Crippen molar-refractivity contribution in [3.05, 3.63) is 35.7 Å². The predicted molar refractivity (Wildman–Crippen MR) is 115 cm³/mol. The average molecular weight is 432 g/mol. The molecule has 0 aliphatic heterocycles. The van der Waals surface area contributed by atoms with Gasteiger partial charge in [0, 0.05) is 18.7 Å². The predicted octanol–water partition coefficient (Wildman–Crippen LogP) is 2.54. The number of carbonyl (C=O) groups excluding carboxylic acids is 2. The van der Waals surface area contributed by atoms with Gasteiger partial charge in [0.25, 0.3) is 5.91 Å². The van der Waals surface area contributed by atoms with Crippen LogP contribution in [0.15, 0.2) is 29.4 Å². The highest BCUT2D eigenvalue weighted by atomic mass is 32.2. The Morgan fingerprint density at radius 2 is 1.93 bits per heavy atom. The number of carbonyl (C=O) groups is 2. The van der Waals surface area contributed by atoms with Crippen molar-refractivity contribution >= 4 is 23.6 Å². The van der Waals surface area contributed by atoms with Crippen molar-refractivity contribution in [3.8, 4) is 5.75 Å². The molecule has 0 saturated heterocycles. The molecule has 2 amide bonds. The fraction of sp³-hybridized carbons (Fsp3) is 0.524. The van der Waals surface area contributed by atoms with Gasteiger partial charge in [-0.25, -0.2) is 0 Å². The number of methoxy groups -OCH3 is 1. The van der Waals surface area contributed by atoms with E-state index < -0.39 is 0 Å². The van der Waals surface area contributed by atoms with E-state index in [-0.39, 0.29) is 24.4 Å². The summed E-state index contributed by atoms with van der Waals surface area (Å²) >= 11 is 1.35. The Balaban J connectivity index is 1.47. The van der Waals surface area contributed by atoms with Crippen LogP contribution >= 0.6 is 11.8 Å². The van der Waals surface area contributed by atoms with Crippen LogP contribution < -0.4 is 15.4 Å². The molecule has 0 spiro atoms.